The lowest BCUT2D eigenvalue weighted by molar-refractivity contribution is -0.122. The van der Waals surface area contributed by atoms with E-state index in [2.05, 4.69) is 15.7 Å². The SMILES string of the molecule is COc1nn(C)c2nc(C)c(CCC(=O)NC3CCN(C(=O)NC4CCCCC4)CC3)c(C)c12. The van der Waals surface area contributed by atoms with Crippen molar-refractivity contribution >= 4 is 23.0 Å². The number of nitrogens with zero attached hydrogens (tertiary/aromatic N) is 4. The summed E-state index contributed by atoms with van der Waals surface area (Å²) in [6.45, 7) is 5.39. The van der Waals surface area contributed by atoms with Crippen LogP contribution in [0.2, 0.25) is 0 Å². The van der Waals surface area contributed by atoms with Gasteiger partial charge in [0, 0.05) is 44.3 Å². The molecule has 0 radical (unpaired) electrons. The zero-order valence-electron chi connectivity index (χ0n) is 20.9. The number of hydrogen-bond donors (Lipinski definition) is 2. The molecule has 0 unspecified atom stereocenters. The van der Waals surface area contributed by atoms with Gasteiger partial charge in [-0.2, -0.15) is 0 Å². The second kappa shape index (κ2) is 10.6. The van der Waals surface area contributed by atoms with E-state index in [9.17, 15) is 9.59 Å². The number of carbonyl (C=O) groups is 2. The average Bonchev–Trinajstić information content (AvgIpc) is 3.15. The number of ether oxygens (including phenoxy) is 1. The number of aromatic nitrogens is 3. The predicted molar refractivity (Wildman–Crippen MR) is 131 cm³/mol. The molecule has 2 fully saturated rings. The highest BCUT2D eigenvalue weighted by Crippen LogP contribution is 2.30. The molecule has 34 heavy (non-hydrogen) atoms. The Morgan fingerprint density at radius 2 is 1.71 bits per heavy atom. The minimum Gasteiger partial charge on any atom is -0.479 e. The third kappa shape index (κ3) is 5.28. The van der Waals surface area contributed by atoms with Gasteiger partial charge in [0.05, 0.1) is 12.5 Å². The van der Waals surface area contributed by atoms with Crippen LogP contribution in [0.4, 0.5) is 4.79 Å². The second-order valence-corrected chi connectivity index (χ2v) is 9.75. The number of amides is 3. The Hall–Kier alpha value is -2.84. The van der Waals surface area contributed by atoms with Gasteiger partial charge >= 0.3 is 6.03 Å². The van der Waals surface area contributed by atoms with Crippen LogP contribution in [0, 0.1) is 13.8 Å². The summed E-state index contributed by atoms with van der Waals surface area (Å²) in [4.78, 5) is 31.9. The molecular formula is C25H38N6O3. The summed E-state index contributed by atoms with van der Waals surface area (Å²) in [7, 11) is 3.47. The van der Waals surface area contributed by atoms with Gasteiger partial charge in [-0.1, -0.05) is 19.3 Å². The van der Waals surface area contributed by atoms with Gasteiger partial charge in [0.15, 0.2) is 5.65 Å². The minimum atomic E-state index is 0.0437. The van der Waals surface area contributed by atoms with Crippen molar-refractivity contribution < 1.29 is 14.3 Å². The van der Waals surface area contributed by atoms with Gasteiger partial charge in [-0.05, 0) is 57.1 Å². The maximum Gasteiger partial charge on any atom is 0.317 e. The number of pyridine rings is 1. The van der Waals surface area contributed by atoms with E-state index in [0.717, 1.165) is 53.5 Å². The van der Waals surface area contributed by atoms with Crippen molar-refractivity contribution in [1.29, 1.82) is 0 Å². The number of hydrogen-bond acceptors (Lipinski definition) is 5. The lowest BCUT2D eigenvalue weighted by atomic mass is 9.95. The van der Waals surface area contributed by atoms with E-state index in [4.69, 9.17) is 9.72 Å². The van der Waals surface area contributed by atoms with Crippen molar-refractivity contribution in [3.63, 3.8) is 0 Å². The molecular weight excluding hydrogens is 432 g/mol. The van der Waals surface area contributed by atoms with Crippen molar-refractivity contribution in [3.8, 4) is 5.88 Å². The van der Waals surface area contributed by atoms with Gasteiger partial charge in [-0.3, -0.25) is 4.79 Å². The molecule has 3 heterocycles. The summed E-state index contributed by atoms with van der Waals surface area (Å²) in [6, 6.07) is 0.495. The molecule has 9 nitrogen and oxygen atoms in total. The molecule has 1 aliphatic heterocycles. The highest BCUT2D eigenvalue weighted by Gasteiger charge is 2.26. The predicted octanol–water partition coefficient (Wildman–Crippen LogP) is 3.15. The van der Waals surface area contributed by atoms with E-state index in [1.165, 1.54) is 19.3 Å². The molecule has 1 aliphatic carbocycles. The van der Waals surface area contributed by atoms with E-state index < -0.39 is 0 Å². The van der Waals surface area contributed by atoms with Crippen molar-refractivity contribution in [2.75, 3.05) is 20.2 Å². The summed E-state index contributed by atoms with van der Waals surface area (Å²) in [5.74, 6) is 0.606. The van der Waals surface area contributed by atoms with E-state index in [1.54, 1.807) is 11.8 Å². The van der Waals surface area contributed by atoms with Crippen LogP contribution in [-0.4, -0.2) is 63.9 Å². The Labute approximate surface area is 201 Å². The van der Waals surface area contributed by atoms with Crippen molar-refractivity contribution in [2.45, 2.75) is 83.7 Å². The highest BCUT2D eigenvalue weighted by molar-refractivity contribution is 5.86. The number of aryl methyl sites for hydroxylation is 3. The van der Waals surface area contributed by atoms with Gasteiger partial charge in [-0.25, -0.2) is 14.5 Å². The Bertz CT molecular complexity index is 1040. The quantitative estimate of drug-likeness (QED) is 0.675. The normalized spacial score (nSPS) is 17.7. The number of urea groups is 1. The first kappa shape index (κ1) is 24.3. The van der Waals surface area contributed by atoms with E-state index in [1.807, 2.05) is 25.8 Å². The molecule has 0 atom stereocenters. The van der Waals surface area contributed by atoms with Crippen LogP contribution in [0.5, 0.6) is 5.88 Å². The number of likely N-dealkylation sites (tertiary alicyclic amines) is 1. The second-order valence-electron chi connectivity index (χ2n) is 9.75. The van der Waals surface area contributed by atoms with Gasteiger partial charge < -0.3 is 20.3 Å². The first-order chi connectivity index (χ1) is 16.4. The molecule has 2 N–H and O–H groups in total. The number of fused-ring (bicyclic) bond motifs is 1. The molecule has 186 valence electrons. The van der Waals surface area contributed by atoms with Crippen LogP contribution in [0.1, 0.15) is 68.2 Å². The molecule has 4 rings (SSSR count). The van der Waals surface area contributed by atoms with Gasteiger partial charge in [0.1, 0.15) is 0 Å². The minimum absolute atomic E-state index is 0.0437. The van der Waals surface area contributed by atoms with Gasteiger partial charge in [0.2, 0.25) is 11.8 Å². The molecule has 1 saturated carbocycles. The monoisotopic (exact) mass is 470 g/mol. The maximum atomic E-state index is 12.7. The highest BCUT2D eigenvalue weighted by atomic mass is 16.5. The van der Waals surface area contributed by atoms with Crippen molar-refractivity contribution in [2.24, 2.45) is 7.05 Å². The lowest BCUT2D eigenvalue weighted by Gasteiger charge is -2.34. The molecule has 2 aliphatic rings. The van der Waals surface area contributed by atoms with Crippen LogP contribution in [0.15, 0.2) is 0 Å². The van der Waals surface area contributed by atoms with Crippen LogP contribution in [0.3, 0.4) is 0 Å². The molecule has 2 aromatic heterocycles. The first-order valence-electron chi connectivity index (χ1n) is 12.6. The number of methoxy groups -OCH3 is 1. The summed E-state index contributed by atoms with van der Waals surface area (Å²) in [5.41, 5.74) is 3.85. The number of carbonyl (C=O) groups excluding carboxylic acids is 2. The van der Waals surface area contributed by atoms with Gasteiger partial charge in [-0.15, -0.1) is 5.10 Å². The van der Waals surface area contributed by atoms with Crippen molar-refractivity contribution in [3.05, 3.63) is 16.8 Å². The average molecular weight is 471 g/mol. The maximum absolute atomic E-state index is 12.7. The third-order valence-electron chi connectivity index (χ3n) is 7.40. The molecule has 9 heteroatoms. The summed E-state index contributed by atoms with van der Waals surface area (Å²) >= 11 is 0. The zero-order valence-corrected chi connectivity index (χ0v) is 20.9. The first-order valence-corrected chi connectivity index (χ1v) is 12.6. The van der Waals surface area contributed by atoms with Crippen LogP contribution < -0.4 is 15.4 Å². The van der Waals surface area contributed by atoms with Crippen LogP contribution in [-0.2, 0) is 18.3 Å². The van der Waals surface area contributed by atoms with E-state index in [0.29, 0.717) is 37.9 Å². The molecule has 0 spiro atoms. The molecule has 2 aromatic rings. The summed E-state index contributed by atoms with van der Waals surface area (Å²) in [6.07, 6.45) is 8.48. The third-order valence-corrected chi connectivity index (χ3v) is 7.40. The summed E-state index contributed by atoms with van der Waals surface area (Å²) in [5, 5.41) is 11.7. The fourth-order valence-corrected chi connectivity index (χ4v) is 5.39. The Balaban J connectivity index is 1.27. The van der Waals surface area contributed by atoms with Gasteiger partial charge in [0.25, 0.3) is 0 Å². The van der Waals surface area contributed by atoms with Crippen LogP contribution in [0.25, 0.3) is 11.0 Å². The van der Waals surface area contributed by atoms with E-state index >= 15 is 0 Å². The largest absolute Gasteiger partial charge is 0.479 e. The van der Waals surface area contributed by atoms with Crippen LogP contribution >= 0.6 is 0 Å². The Kier molecular flexibility index (Phi) is 7.58. The topological polar surface area (TPSA) is 101 Å². The van der Waals surface area contributed by atoms with Crippen molar-refractivity contribution in [1.82, 2.24) is 30.3 Å². The molecule has 0 aromatic carbocycles. The summed E-state index contributed by atoms with van der Waals surface area (Å²) < 4.78 is 7.16. The Morgan fingerprint density at radius 3 is 2.38 bits per heavy atom. The van der Waals surface area contributed by atoms with E-state index in [-0.39, 0.29) is 18.0 Å². The number of nitrogens with one attached hydrogen (secondary N) is 2. The standard InChI is InChI=1S/C25H38N6O3/c1-16-20(17(2)26-23-22(16)24(34-4)29-30(23)3)10-11-21(32)27-19-12-14-31(15-13-19)25(33)28-18-8-6-5-7-9-18/h18-19H,5-15H2,1-4H3,(H,27,32)(H,28,33). The molecule has 0 bridgehead atoms. The zero-order chi connectivity index (χ0) is 24.2. The fraction of sp³-hybridized carbons (Fsp3) is 0.680. The smallest absolute Gasteiger partial charge is 0.317 e. The lowest BCUT2D eigenvalue weighted by Crippen LogP contribution is -2.51. The molecule has 1 saturated heterocycles. The molecule has 3 amide bonds. The number of piperidine rings is 1. The number of rotatable bonds is 6. The fourth-order valence-electron chi connectivity index (χ4n) is 5.39. The Morgan fingerprint density at radius 1 is 1.03 bits per heavy atom.